The first-order valence-corrected chi connectivity index (χ1v) is 9.87. The molecule has 2 aromatic carbocycles. The van der Waals surface area contributed by atoms with Crippen LogP contribution >= 0.6 is 0 Å². The van der Waals surface area contributed by atoms with Crippen LogP contribution in [0.2, 0.25) is 0 Å². The Bertz CT molecular complexity index is 1210. The number of fused-ring (bicyclic) bond motifs is 1. The number of carbonyl (C=O) groups excluding carboxylic acids is 1. The average molecular weight is 400 g/mol. The molecule has 0 aliphatic heterocycles. The van der Waals surface area contributed by atoms with Gasteiger partial charge in [-0.15, -0.1) is 0 Å². The number of rotatable bonds is 6. The smallest absolute Gasteiger partial charge is 0.221 e. The molecule has 2 heterocycles. The van der Waals surface area contributed by atoms with E-state index in [1.165, 1.54) is 6.92 Å². The lowest BCUT2D eigenvalue weighted by Gasteiger charge is -2.13. The summed E-state index contributed by atoms with van der Waals surface area (Å²) in [6.07, 6.45) is 4.88. The van der Waals surface area contributed by atoms with Crippen molar-refractivity contribution in [3.63, 3.8) is 0 Å². The van der Waals surface area contributed by atoms with E-state index < -0.39 is 0 Å². The van der Waals surface area contributed by atoms with Crippen molar-refractivity contribution in [3.8, 4) is 17.0 Å². The minimum absolute atomic E-state index is 0.104. The molecule has 2 aromatic heterocycles. The van der Waals surface area contributed by atoms with E-state index in [0.717, 1.165) is 51.7 Å². The van der Waals surface area contributed by atoms with Gasteiger partial charge in [-0.1, -0.05) is 25.1 Å². The van der Waals surface area contributed by atoms with Gasteiger partial charge in [0.2, 0.25) is 5.91 Å². The molecule has 0 saturated carbocycles. The van der Waals surface area contributed by atoms with Gasteiger partial charge >= 0.3 is 0 Å². The van der Waals surface area contributed by atoms with Gasteiger partial charge in [0.15, 0.2) is 5.82 Å². The topological polar surface area (TPSA) is 67.7 Å². The van der Waals surface area contributed by atoms with Crippen LogP contribution in [-0.2, 0) is 11.2 Å². The van der Waals surface area contributed by atoms with Crippen molar-refractivity contribution in [2.24, 2.45) is 0 Å². The zero-order valence-corrected chi connectivity index (χ0v) is 17.3. The Morgan fingerprint density at radius 2 is 1.97 bits per heavy atom. The zero-order valence-electron chi connectivity index (χ0n) is 17.3. The van der Waals surface area contributed by atoms with Crippen LogP contribution < -0.4 is 15.4 Å². The highest BCUT2D eigenvalue weighted by Crippen LogP contribution is 2.29. The molecule has 152 valence electrons. The molecule has 0 aliphatic rings. The van der Waals surface area contributed by atoms with Crippen LogP contribution in [-0.4, -0.2) is 22.4 Å². The van der Waals surface area contributed by atoms with Crippen molar-refractivity contribution in [3.05, 3.63) is 72.6 Å². The number of hydrogen-bond acceptors (Lipinski definition) is 4. The molecule has 0 fully saturated rings. The van der Waals surface area contributed by atoms with Gasteiger partial charge in [-0.25, -0.2) is 4.98 Å². The van der Waals surface area contributed by atoms with Crippen molar-refractivity contribution in [2.75, 3.05) is 17.7 Å². The van der Waals surface area contributed by atoms with Crippen LogP contribution in [0.5, 0.6) is 5.75 Å². The molecule has 0 unspecified atom stereocenters. The number of ether oxygens (including phenoxy) is 1. The maximum Gasteiger partial charge on any atom is 0.221 e. The Kier molecular flexibility index (Phi) is 5.39. The summed E-state index contributed by atoms with van der Waals surface area (Å²) >= 11 is 0. The molecule has 2 N–H and O–H groups in total. The molecule has 0 spiro atoms. The third kappa shape index (κ3) is 3.98. The number of anilines is 3. The van der Waals surface area contributed by atoms with E-state index in [9.17, 15) is 4.79 Å². The predicted octanol–water partition coefficient (Wildman–Crippen LogP) is 5.27. The number of aryl methyl sites for hydroxylation is 1. The van der Waals surface area contributed by atoms with Crippen molar-refractivity contribution in [1.29, 1.82) is 0 Å². The fraction of sp³-hybridized carbons (Fsp3) is 0.167. The molecule has 0 aliphatic carbocycles. The molecule has 30 heavy (non-hydrogen) atoms. The second-order valence-electron chi connectivity index (χ2n) is 7.04. The summed E-state index contributed by atoms with van der Waals surface area (Å²) in [5.74, 6) is 1.49. The Balaban J connectivity index is 1.75. The van der Waals surface area contributed by atoms with Gasteiger partial charge in [-0.3, -0.25) is 4.79 Å². The molecular weight excluding hydrogens is 376 g/mol. The fourth-order valence-electron chi connectivity index (χ4n) is 3.49. The van der Waals surface area contributed by atoms with E-state index in [1.807, 2.05) is 65.3 Å². The second kappa shape index (κ2) is 8.29. The summed E-state index contributed by atoms with van der Waals surface area (Å²) in [6.45, 7) is 3.60. The SMILES string of the molecule is CCc1ccc(Nc2nc(-c3cccc(NC(C)=O)c3)cn3cccc23)cc1OC. The number of amides is 1. The van der Waals surface area contributed by atoms with E-state index in [4.69, 9.17) is 9.72 Å². The molecular formula is C24H24N4O2. The van der Waals surface area contributed by atoms with Gasteiger partial charge in [-0.2, -0.15) is 0 Å². The molecule has 0 saturated heterocycles. The van der Waals surface area contributed by atoms with E-state index in [2.05, 4.69) is 23.6 Å². The Hall–Kier alpha value is -3.80. The lowest BCUT2D eigenvalue weighted by atomic mass is 10.1. The number of aromatic nitrogens is 2. The molecule has 0 radical (unpaired) electrons. The van der Waals surface area contributed by atoms with E-state index >= 15 is 0 Å². The largest absolute Gasteiger partial charge is 0.496 e. The van der Waals surface area contributed by atoms with Crippen LogP contribution in [0.4, 0.5) is 17.2 Å². The molecule has 6 nitrogen and oxygen atoms in total. The van der Waals surface area contributed by atoms with Gasteiger partial charge in [0, 0.05) is 42.3 Å². The van der Waals surface area contributed by atoms with Gasteiger partial charge in [0.05, 0.1) is 18.3 Å². The van der Waals surface area contributed by atoms with Crippen LogP contribution in [0.3, 0.4) is 0 Å². The molecule has 0 atom stereocenters. The highest BCUT2D eigenvalue weighted by atomic mass is 16.5. The lowest BCUT2D eigenvalue weighted by Crippen LogP contribution is -2.05. The zero-order chi connectivity index (χ0) is 21.1. The predicted molar refractivity (Wildman–Crippen MR) is 121 cm³/mol. The van der Waals surface area contributed by atoms with Gasteiger partial charge in [-0.05, 0) is 42.3 Å². The highest BCUT2D eigenvalue weighted by Gasteiger charge is 2.11. The standard InChI is InChI=1S/C24H24N4O2/c1-4-17-10-11-20(14-23(17)30-3)26-24-22-9-6-12-28(22)15-21(27-24)18-7-5-8-19(13-18)25-16(2)29/h5-15H,4H2,1-3H3,(H,25,29)(H,26,27). The second-order valence-corrected chi connectivity index (χ2v) is 7.04. The molecule has 4 rings (SSSR count). The highest BCUT2D eigenvalue weighted by molar-refractivity contribution is 5.89. The first-order valence-electron chi connectivity index (χ1n) is 9.87. The van der Waals surface area contributed by atoms with Crippen molar-refractivity contribution in [1.82, 2.24) is 9.38 Å². The number of methoxy groups -OCH3 is 1. The van der Waals surface area contributed by atoms with E-state index in [-0.39, 0.29) is 5.91 Å². The molecule has 6 heteroatoms. The first-order chi connectivity index (χ1) is 14.6. The first kappa shape index (κ1) is 19.5. The quantitative estimate of drug-likeness (QED) is 0.462. The van der Waals surface area contributed by atoms with E-state index in [0.29, 0.717) is 0 Å². The van der Waals surface area contributed by atoms with Crippen LogP contribution in [0.15, 0.2) is 67.0 Å². The minimum atomic E-state index is -0.104. The monoisotopic (exact) mass is 400 g/mol. The van der Waals surface area contributed by atoms with Gasteiger partial charge in [0.25, 0.3) is 0 Å². The number of benzene rings is 2. The maximum atomic E-state index is 11.4. The summed E-state index contributed by atoms with van der Waals surface area (Å²) in [6, 6.07) is 17.8. The molecule has 0 bridgehead atoms. The molecule has 1 amide bonds. The fourth-order valence-corrected chi connectivity index (χ4v) is 3.49. The van der Waals surface area contributed by atoms with Crippen LogP contribution in [0.1, 0.15) is 19.4 Å². The summed E-state index contributed by atoms with van der Waals surface area (Å²) < 4.78 is 7.56. The third-order valence-electron chi connectivity index (χ3n) is 4.92. The minimum Gasteiger partial charge on any atom is -0.496 e. The Morgan fingerprint density at radius 1 is 1.10 bits per heavy atom. The third-order valence-corrected chi connectivity index (χ3v) is 4.92. The van der Waals surface area contributed by atoms with Crippen molar-refractivity contribution in [2.45, 2.75) is 20.3 Å². The number of nitrogens with one attached hydrogen (secondary N) is 2. The Morgan fingerprint density at radius 3 is 2.73 bits per heavy atom. The lowest BCUT2D eigenvalue weighted by molar-refractivity contribution is -0.114. The number of nitrogens with zero attached hydrogens (tertiary/aromatic N) is 2. The normalized spacial score (nSPS) is 10.8. The summed E-state index contributed by atoms with van der Waals surface area (Å²) in [7, 11) is 1.68. The molecule has 4 aromatic rings. The van der Waals surface area contributed by atoms with Crippen LogP contribution in [0.25, 0.3) is 16.8 Å². The summed E-state index contributed by atoms with van der Waals surface area (Å²) in [5, 5.41) is 6.26. The summed E-state index contributed by atoms with van der Waals surface area (Å²) in [5.41, 5.74) is 5.49. The van der Waals surface area contributed by atoms with Gasteiger partial charge < -0.3 is 19.8 Å². The Labute approximate surface area is 175 Å². The summed E-state index contributed by atoms with van der Waals surface area (Å²) in [4.78, 5) is 16.3. The van der Waals surface area contributed by atoms with Crippen molar-refractivity contribution < 1.29 is 9.53 Å². The maximum absolute atomic E-state index is 11.4. The van der Waals surface area contributed by atoms with E-state index in [1.54, 1.807) is 7.11 Å². The number of carbonyl (C=O) groups is 1. The van der Waals surface area contributed by atoms with Gasteiger partial charge in [0.1, 0.15) is 5.75 Å². The van der Waals surface area contributed by atoms with Crippen LogP contribution in [0, 0.1) is 0 Å². The number of hydrogen-bond donors (Lipinski definition) is 2. The average Bonchev–Trinajstić information content (AvgIpc) is 3.22. The van der Waals surface area contributed by atoms with Crippen molar-refractivity contribution >= 4 is 28.6 Å².